The lowest BCUT2D eigenvalue weighted by Crippen LogP contribution is -2.22. The molecule has 130 valence electrons. The molecule has 0 unspecified atom stereocenters. The second-order valence-electron chi connectivity index (χ2n) is 6.55. The molecule has 0 aliphatic heterocycles. The first-order valence-electron chi connectivity index (χ1n) is 8.68. The van der Waals surface area contributed by atoms with Crippen molar-refractivity contribution < 1.29 is 0 Å². The first-order chi connectivity index (χ1) is 13.1. The lowest BCUT2D eigenvalue weighted by molar-refractivity contribution is 0.787. The van der Waals surface area contributed by atoms with Crippen LogP contribution in [0.2, 0.25) is 0 Å². The molecule has 1 aromatic heterocycles. The number of pyridine rings is 1. The van der Waals surface area contributed by atoms with Crippen molar-refractivity contribution in [2.24, 2.45) is 5.10 Å². The van der Waals surface area contributed by atoms with Crippen LogP contribution in [-0.4, -0.2) is 10.9 Å². The molecule has 0 bridgehead atoms. The second kappa shape index (κ2) is 6.54. The molecular formula is C23H17N3O. The van der Waals surface area contributed by atoms with E-state index in [4.69, 9.17) is 0 Å². The van der Waals surface area contributed by atoms with E-state index in [2.05, 4.69) is 35.4 Å². The van der Waals surface area contributed by atoms with Gasteiger partial charge in [-0.15, -0.1) is 0 Å². The first-order valence-corrected chi connectivity index (χ1v) is 8.68. The molecule has 0 N–H and O–H groups in total. The molecule has 3 aromatic carbocycles. The highest BCUT2D eigenvalue weighted by molar-refractivity contribution is 6.13. The molecule has 0 amide bonds. The highest BCUT2D eigenvalue weighted by Gasteiger charge is 2.10. The van der Waals surface area contributed by atoms with E-state index in [9.17, 15) is 10.1 Å². The third-order valence-electron chi connectivity index (χ3n) is 4.79. The van der Waals surface area contributed by atoms with Crippen LogP contribution in [0.25, 0.3) is 21.5 Å². The number of aryl methyl sites for hydroxylation is 2. The summed E-state index contributed by atoms with van der Waals surface area (Å²) >= 11 is 0. The summed E-state index contributed by atoms with van der Waals surface area (Å²) in [5.74, 6) is 0. The van der Waals surface area contributed by atoms with Gasteiger partial charge in [-0.05, 0) is 53.1 Å². The number of hydrogen-bond acceptors (Lipinski definition) is 3. The van der Waals surface area contributed by atoms with Gasteiger partial charge >= 0.3 is 0 Å². The van der Waals surface area contributed by atoms with E-state index < -0.39 is 5.56 Å². The number of nitrogens with zero attached hydrogens (tertiary/aromatic N) is 3. The average molecular weight is 351 g/mol. The Balaban J connectivity index is 1.99. The summed E-state index contributed by atoms with van der Waals surface area (Å²) in [5, 5.41) is 18.1. The van der Waals surface area contributed by atoms with Gasteiger partial charge in [-0.1, -0.05) is 48.5 Å². The Morgan fingerprint density at radius 3 is 2.15 bits per heavy atom. The number of rotatable bonds is 2. The number of benzene rings is 3. The predicted molar refractivity (Wildman–Crippen MR) is 109 cm³/mol. The quantitative estimate of drug-likeness (QED) is 0.394. The Labute approximate surface area is 156 Å². The number of fused-ring (bicyclic) bond motifs is 2. The fourth-order valence-electron chi connectivity index (χ4n) is 3.46. The van der Waals surface area contributed by atoms with Gasteiger partial charge in [0, 0.05) is 11.3 Å². The van der Waals surface area contributed by atoms with Crippen LogP contribution in [0.3, 0.4) is 0 Å². The lowest BCUT2D eigenvalue weighted by atomic mass is 9.97. The second-order valence-corrected chi connectivity index (χ2v) is 6.55. The largest absolute Gasteiger partial charge is 0.289 e. The van der Waals surface area contributed by atoms with Gasteiger partial charge in [-0.3, -0.25) is 4.79 Å². The van der Waals surface area contributed by atoms with Crippen LogP contribution < -0.4 is 5.56 Å². The van der Waals surface area contributed by atoms with Gasteiger partial charge in [-0.25, -0.2) is 4.68 Å². The van der Waals surface area contributed by atoms with Crippen molar-refractivity contribution in [3.63, 3.8) is 0 Å². The van der Waals surface area contributed by atoms with Crippen LogP contribution in [0.5, 0.6) is 0 Å². The maximum Gasteiger partial charge on any atom is 0.289 e. The number of nitriles is 1. The summed E-state index contributed by atoms with van der Waals surface area (Å²) in [6.45, 7) is 3.58. The van der Waals surface area contributed by atoms with Crippen molar-refractivity contribution in [1.82, 2.24) is 4.68 Å². The topological polar surface area (TPSA) is 58.1 Å². The molecule has 4 heteroatoms. The minimum atomic E-state index is -0.393. The normalized spacial score (nSPS) is 11.3. The molecular weight excluding hydrogens is 334 g/mol. The van der Waals surface area contributed by atoms with Gasteiger partial charge in [0.05, 0.1) is 6.21 Å². The monoisotopic (exact) mass is 351 g/mol. The minimum absolute atomic E-state index is 0.125. The zero-order valence-corrected chi connectivity index (χ0v) is 15.1. The van der Waals surface area contributed by atoms with Crippen LogP contribution in [0.1, 0.15) is 22.4 Å². The molecule has 4 nitrogen and oxygen atoms in total. The van der Waals surface area contributed by atoms with Gasteiger partial charge in [-0.2, -0.15) is 10.4 Å². The Morgan fingerprint density at radius 2 is 1.56 bits per heavy atom. The van der Waals surface area contributed by atoms with E-state index in [0.717, 1.165) is 27.1 Å². The molecule has 0 saturated carbocycles. The Kier molecular flexibility index (Phi) is 4.06. The molecule has 4 rings (SSSR count). The standard InChI is InChI=1S/C23H17N3O/c1-15-11-16(2)26(23(27)21(15)13-24)25-14-22-19-9-5-3-7-17(19)12-18-8-4-6-10-20(18)22/h3-12,14H,1-2H3. The van der Waals surface area contributed by atoms with Crippen molar-refractivity contribution in [1.29, 1.82) is 5.26 Å². The fourth-order valence-corrected chi connectivity index (χ4v) is 3.46. The van der Waals surface area contributed by atoms with Crippen LogP contribution in [-0.2, 0) is 0 Å². The molecule has 0 spiro atoms. The van der Waals surface area contributed by atoms with Crippen molar-refractivity contribution in [3.8, 4) is 6.07 Å². The van der Waals surface area contributed by atoms with Crippen molar-refractivity contribution in [2.75, 3.05) is 0 Å². The fraction of sp³-hybridized carbons (Fsp3) is 0.0870. The summed E-state index contributed by atoms with van der Waals surface area (Å²) in [6, 6.07) is 22.2. The molecule has 0 saturated heterocycles. The molecule has 0 aliphatic carbocycles. The summed E-state index contributed by atoms with van der Waals surface area (Å²) in [5.41, 5.74) is 2.05. The summed E-state index contributed by atoms with van der Waals surface area (Å²) < 4.78 is 1.29. The number of aromatic nitrogens is 1. The first kappa shape index (κ1) is 16.7. The van der Waals surface area contributed by atoms with Crippen LogP contribution >= 0.6 is 0 Å². The third kappa shape index (κ3) is 2.80. The zero-order chi connectivity index (χ0) is 19.0. The molecule has 4 aromatic rings. The molecule has 0 fully saturated rings. The van der Waals surface area contributed by atoms with E-state index in [1.165, 1.54) is 4.68 Å². The van der Waals surface area contributed by atoms with Gasteiger partial charge in [0.1, 0.15) is 11.6 Å². The number of hydrogen-bond donors (Lipinski definition) is 0. The highest BCUT2D eigenvalue weighted by atomic mass is 16.1. The molecule has 27 heavy (non-hydrogen) atoms. The van der Waals surface area contributed by atoms with Gasteiger partial charge in [0.2, 0.25) is 0 Å². The molecule has 0 atom stereocenters. The SMILES string of the molecule is Cc1cc(C)n(N=Cc2c3ccccc3cc3ccccc23)c(=O)c1C#N. The minimum Gasteiger partial charge on any atom is -0.266 e. The third-order valence-corrected chi connectivity index (χ3v) is 4.79. The van der Waals surface area contributed by atoms with Crippen LogP contribution in [0, 0.1) is 25.2 Å². The summed E-state index contributed by atoms with van der Waals surface area (Å²) in [7, 11) is 0. The van der Waals surface area contributed by atoms with Gasteiger partial charge in [0.25, 0.3) is 5.56 Å². The van der Waals surface area contributed by atoms with E-state index >= 15 is 0 Å². The molecule has 0 aliphatic rings. The zero-order valence-electron chi connectivity index (χ0n) is 15.1. The highest BCUT2D eigenvalue weighted by Crippen LogP contribution is 2.27. The van der Waals surface area contributed by atoms with Crippen molar-refractivity contribution >= 4 is 27.8 Å². The Bertz CT molecular complexity index is 1270. The Hall–Kier alpha value is -3.71. The Morgan fingerprint density at radius 1 is 0.963 bits per heavy atom. The lowest BCUT2D eigenvalue weighted by Gasteiger charge is -2.09. The van der Waals surface area contributed by atoms with E-state index in [1.807, 2.05) is 37.3 Å². The van der Waals surface area contributed by atoms with Crippen molar-refractivity contribution in [2.45, 2.75) is 13.8 Å². The average Bonchev–Trinajstić information content (AvgIpc) is 2.67. The van der Waals surface area contributed by atoms with Crippen LogP contribution in [0.4, 0.5) is 0 Å². The van der Waals surface area contributed by atoms with Gasteiger partial charge in [0.15, 0.2) is 0 Å². The molecule has 0 radical (unpaired) electrons. The summed E-state index contributed by atoms with van der Waals surface area (Å²) in [4.78, 5) is 12.6. The van der Waals surface area contributed by atoms with Crippen LogP contribution in [0.15, 0.2) is 70.6 Å². The van der Waals surface area contributed by atoms with Gasteiger partial charge < -0.3 is 0 Å². The maximum absolute atomic E-state index is 12.6. The smallest absolute Gasteiger partial charge is 0.266 e. The van der Waals surface area contributed by atoms with Crippen molar-refractivity contribution in [3.05, 3.63) is 93.4 Å². The van der Waals surface area contributed by atoms with E-state index in [0.29, 0.717) is 11.3 Å². The van der Waals surface area contributed by atoms with E-state index in [1.54, 1.807) is 19.2 Å². The maximum atomic E-state index is 12.6. The predicted octanol–water partition coefficient (Wildman–Crippen LogP) is 4.53. The summed E-state index contributed by atoms with van der Waals surface area (Å²) in [6.07, 6.45) is 1.72. The molecule has 1 heterocycles. The van der Waals surface area contributed by atoms with E-state index in [-0.39, 0.29) is 5.56 Å².